The molecule has 1 saturated heterocycles. The Bertz CT molecular complexity index is 1030. The Morgan fingerprint density at radius 3 is 2.77 bits per heavy atom. The summed E-state index contributed by atoms with van der Waals surface area (Å²) in [7, 11) is 1.64. The minimum atomic E-state index is -0.647. The maximum absolute atomic E-state index is 12.8. The van der Waals surface area contributed by atoms with E-state index in [1.54, 1.807) is 13.2 Å². The number of carbonyl (C=O) groups is 2. The van der Waals surface area contributed by atoms with Crippen molar-refractivity contribution in [2.75, 3.05) is 31.8 Å². The van der Waals surface area contributed by atoms with Crippen LogP contribution in [-0.2, 0) is 9.53 Å². The molecule has 0 aliphatic carbocycles. The number of aliphatic imine (C=N–C) groups is 1. The van der Waals surface area contributed by atoms with Crippen molar-refractivity contribution < 1.29 is 19.1 Å². The lowest BCUT2D eigenvalue weighted by Gasteiger charge is -2.22. The van der Waals surface area contributed by atoms with Gasteiger partial charge in [0, 0.05) is 32.4 Å². The molecule has 1 aromatic heterocycles. The van der Waals surface area contributed by atoms with Gasteiger partial charge in [0.25, 0.3) is 5.91 Å². The summed E-state index contributed by atoms with van der Waals surface area (Å²) < 4.78 is 11.2. The van der Waals surface area contributed by atoms with Crippen LogP contribution in [0.3, 0.4) is 0 Å². The van der Waals surface area contributed by atoms with Gasteiger partial charge in [-0.25, -0.2) is 15.0 Å². The van der Waals surface area contributed by atoms with Crippen molar-refractivity contribution >= 4 is 23.2 Å². The fraction of sp³-hybridized carbons (Fsp3) is 0.409. The minimum Gasteiger partial charge on any atom is -0.485 e. The second kappa shape index (κ2) is 8.31. The number of nitrogens with zero attached hydrogens (tertiary/aromatic N) is 4. The number of aromatic nitrogens is 2. The molecule has 1 aromatic carbocycles. The van der Waals surface area contributed by atoms with Crippen molar-refractivity contribution in [2.45, 2.75) is 32.6 Å². The highest BCUT2D eigenvalue weighted by Gasteiger charge is 2.27. The molecule has 2 aliphatic rings. The maximum atomic E-state index is 12.8. The molecular formula is C22H24N4O4. The van der Waals surface area contributed by atoms with Crippen LogP contribution in [0.2, 0.25) is 0 Å². The lowest BCUT2D eigenvalue weighted by atomic mass is 9.94. The number of carbonyl (C=O) groups excluding carboxylic acids is 2. The SMILES string of the molecule is Cc1ccc2c(c1)OCC(=NC(=O)c1ncc(C)c(C3CCOCC3)n1)C(=O)N2C. The highest BCUT2D eigenvalue weighted by atomic mass is 16.5. The van der Waals surface area contributed by atoms with E-state index in [2.05, 4.69) is 15.0 Å². The largest absolute Gasteiger partial charge is 0.485 e. The summed E-state index contributed by atoms with van der Waals surface area (Å²) in [5.41, 5.74) is 3.45. The predicted molar refractivity (Wildman–Crippen MR) is 111 cm³/mol. The van der Waals surface area contributed by atoms with E-state index in [0.717, 1.165) is 29.7 Å². The van der Waals surface area contributed by atoms with E-state index in [4.69, 9.17) is 9.47 Å². The molecule has 1 fully saturated rings. The molecule has 4 rings (SSSR count). The van der Waals surface area contributed by atoms with Crippen molar-refractivity contribution in [1.29, 1.82) is 0 Å². The molecule has 0 spiro atoms. The number of hydrogen-bond acceptors (Lipinski definition) is 6. The van der Waals surface area contributed by atoms with E-state index in [9.17, 15) is 9.59 Å². The summed E-state index contributed by atoms with van der Waals surface area (Å²) in [6, 6.07) is 5.57. The fourth-order valence-electron chi connectivity index (χ4n) is 3.72. The van der Waals surface area contributed by atoms with Crippen LogP contribution in [0.25, 0.3) is 0 Å². The minimum absolute atomic E-state index is 0.0114. The first-order valence-electron chi connectivity index (χ1n) is 9.98. The highest BCUT2D eigenvalue weighted by Crippen LogP contribution is 2.31. The van der Waals surface area contributed by atoms with Crippen LogP contribution in [0.4, 0.5) is 5.69 Å². The molecule has 0 atom stereocenters. The van der Waals surface area contributed by atoms with Crippen molar-refractivity contribution in [3.63, 3.8) is 0 Å². The molecule has 0 saturated carbocycles. The van der Waals surface area contributed by atoms with Crippen molar-refractivity contribution in [2.24, 2.45) is 4.99 Å². The first kappa shape index (κ1) is 20.2. The molecule has 30 heavy (non-hydrogen) atoms. The summed E-state index contributed by atoms with van der Waals surface area (Å²) in [5.74, 6) is -0.235. The zero-order valence-electron chi connectivity index (χ0n) is 17.3. The summed E-state index contributed by atoms with van der Waals surface area (Å²) in [5, 5.41) is 0. The topological polar surface area (TPSA) is 94.0 Å². The third-order valence-electron chi connectivity index (χ3n) is 5.44. The molecule has 2 aromatic rings. The van der Waals surface area contributed by atoms with Gasteiger partial charge in [0.15, 0.2) is 0 Å². The smallest absolute Gasteiger partial charge is 0.315 e. The number of rotatable bonds is 2. The number of fused-ring (bicyclic) bond motifs is 1. The van der Waals surface area contributed by atoms with Gasteiger partial charge in [0.1, 0.15) is 18.1 Å². The summed E-state index contributed by atoms with van der Waals surface area (Å²) in [6.45, 7) is 5.14. The third kappa shape index (κ3) is 3.95. The van der Waals surface area contributed by atoms with Crippen LogP contribution in [0.5, 0.6) is 5.75 Å². The normalized spacial score (nSPS) is 18.7. The first-order valence-corrected chi connectivity index (χ1v) is 9.98. The zero-order valence-corrected chi connectivity index (χ0v) is 17.3. The van der Waals surface area contributed by atoms with Crippen molar-refractivity contribution in [1.82, 2.24) is 9.97 Å². The van der Waals surface area contributed by atoms with Gasteiger partial charge >= 0.3 is 5.91 Å². The molecule has 0 radical (unpaired) electrons. The lowest BCUT2D eigenvalue weighted by molar-refractivity contribution is -0.112. The predicted octanol–water partition coefficient (Wildman–Crippen LogP) is 2.62. The van der Waals surface area contributed by atoms with Gasteiger partial charge in [-0.3, -0.25) is 9.59 Å². The Morgan fingerprint density at radius 1 is 1.23 bits per heavy atom. The Kier molecular flexibility index (Phi) is 5.59. The molecule has 0 bridgehead atoms. The van der Waals surface area contributed by atoms with E-state index in [0.29, 0.717) is 24.7 Å². The number of amides is 2. The van der Waals surface area contributed by atoms with Gasteiger partial charge in [-0.2, -0.15) is 0 Å². The number of aryl methyl sites for hydroxylation is 2. The fourth-order valence-corrected chi connectivity index (χ4v) is 3.72. The van der Waals surface area contributed by atoms with Crippen LogP contribution in [0.1, 0.15) is 46.2 Å². The summed E-state index contributed by atoms with van der Waals surface area (Å²) in [4.78, 5) is 39.7. The van der Waals surface area contributed by atoms with Crippen molar-refractivity contribution in [3.05, 3.63) is 47.0 Å². The molecule has 3 heterocycles. The van der Waals surface area contributed by atoms with Crippen molar-refractivity contribution in [3.8, 4) is 5.75 Å². The summed E-state index contributed by atoms with van der Waals surface area (Å²) in [6.07, 6.45) is 3.35. The van der Waals surface area contributed by atoms with Gasteiger partial charge in [-0.1, -0.05) is 6.07 Å². The number of hydrogen-bond donors (Lipinski definition) is 0. The molecule has 2 aliphatic heterocycles. The van der Waals surface area contributed by atoms with Crippen LogP contribution >= 0.6 is 0 Å². The lowest BCUT2D eigenvalue weighted by Crippen LogP contribution is -2.34. The Labute approximate surface area is 175 Å². The Morgan fingerprint density at radius 2 is 2.00 bits per heavy atom. The monoisotopic (exact) mass is 408 g/mol. The Balaban J connectivity index is 1.60. The highest BCUT2D eigenvalue weighted by molar-refractivity contribution is 6.46. The molecule has 0 unspecified atom stereocenters. The number of ether oxygens (including phenoxy) is 2. The zero-order chi connectivity index (χ0) is 21.3. The third-order valence-corrected chi connectivity index (χ3v) is 5.44. The molecule has 2 amide bonds. The van der Waals surface area contributed by atoms with Crippen LogP contribution in [0, 0.1) is 13.8 Å². The van der Waals surface area contributed by atoms with Gasteiger partial charge < -0.3 is 14.4 Å². The second-order valence-electron chi connectivity index (χ2n) is 7.64. The van der Waals surface area contributed by atoms with Gasteiger partial charge in [-0.05, 0) is 49.9 Å². The molecule has 8 nitrogen and oxygen atoms in total. The second-order valence-corrected chi connectivity index (χ2v) is 7.64. The average Bonchev–Trinajstić information content (AvgIpc) is 2.86. The van der Waals surface area contributed by atoms with E-state index in [1.165, 1.54) is 4.90 Å². The Hall–Kier alpha value is -3.13. The van der Waals surface area contributed by atoms with E-state index >= 15 is 0 Å². The van der Waals surface area contributed by atoms with E-state index < -0.39 is 5.91 Å². The standard InChI is InChI=1S/C22H24N4O4/c1-13-4-5-17-18(10-13)30-12-16(22(28)26(17)3)24-21(27)20-23-11-14(2)19(25-20)15-6-8-29-9-7-15/h4-5,10-11,15H,6-9,12H2,1-3H3. The van der Waals surface area contributed by atoms with Gasteiger partial charge in [-0.15, -0.1) is 0 Å². The van der Waals surface area contributed by atoms with Gasteiger partial charge in [0.05, 0.1) is 11.4 Å². The van der Waals surface area contributed by atoms with E-state index in [-0.39, 0.29) is 30.0 Å². The van der Waals surface area contributed by atoms with Gasteiger partial charge in [0.2, 0.25) is 5.82 Å². The van der Waals surface area contributed by atoms with Crippen LogP contribution < -0.4 is 9.64 Å². The molecule has 0 N–H and O–H groups in total. The quantitative estimate of drug-likeness (QED) is 0.758. The summed E-state index contributed by atoms with van der Waals surface area (Å²) >= 11 is 0. The molecule has 156 valence electrons. The molecular weight excluding hydrogens is 384 g/mol. The van der Waals surface area contributed by atoms with E-state index in [1.807, 2.05) is 32.0 Å². The van der Waals surface area contributed by atoms with Crippen LogP contribution in [-0.4, -0.2) is 54.4 Å². The maximum Gasteiger partial charge on any atom is 0.315 e. The van der Waals surface area contributed by atoms with Crippen LogP contribution in [0.15, 0.2) is 29.4 Å². The molecule has 8 heteroatoms. The number of anilines is 1. The number of benzene rings is 1. The average molecular weight is 408 g/mol. The first-order chi connectivity index (χ1) is 14.4.